The van der Waals surface area contributed by atoms with Crippen molar-refractivity contribution >= 4 is 165 Å². The molecule has 0 unspecified atom stereocenters. The van der Waals surface area contributed by atoms with E-state index in [9.17, 15) is 19.2 Å². The Labute approximate surface area is 656 Å². The number of ether oxygens (including phenoxy) is 1. The molecule has 8 aromatic carbocycles. The molecule has 0 saturated heterocycles. The molecule has 109 heavy (non-hydrogen) atoms. The second-order valence-electron chi connectivity index (χ2n) is 25.1. The van der Waals surface area contributed by atoms with Crippen LogP contribution in [0.1, 0.15) is 49.8 Å². The highest BCUT2D eigenvalue weighted by atomic mass is 35.5. The second-order valence-corrected chi connectivity index (χ2v) is 26.8. The Kier molecular flexibility index (Phi) is 33.0. The van der Waals surface area contributed by atoms with E-state index in [-0.39, 0.29) is 31.6 Å². The van der Waals surface area contributed by atoms with Crippen LogP contribution in [0.5, 0.6) is 5.75 Å². The number of halogens is 4. The summed E-state index contributed by atoms with van der Waals surface area (Å²) in [6.45, 7) is 11.2. The number of anilines is 9. The van der Waals surface area contributed by atoms with Crippen molar-refractivity contribution in [3.63, 3.8) is 0 Å². The molecule has 12 N–H and O–H groups in total. The maximum atomic E-state index is 12.1. The molecule has 568 valence electrons. The third-order valence-corrected chi connectivity index (χ3v) is 17.5. The van der Waals surface area contributed by atoms with Crippen molar-refractivity contribution < 1.29 is 23.9 Å². The fraction of sp³-hybridized carbons (Fsp3) is 0.229. The minimum absolute atomic E-state index is 0. The lowest BCUT2D eigenvalue weighted by molar-refractivity contribution is 0.251. The molecule has 0 bridgehead atoms. The van der Waals surface area contributed by atoms with Gasteiger partial charge in [0.05, 0.1) is 34.9 Å². The van der Waals surface area contributed by atoms with Crippen LogP contribution >= 0.6 is 46.4 Å². The molecule has 4 aromatic heterocycles. The van der Waals surface area contributed by atoms with Gasteiger partial charge in [0.25, 0.3) is 0 Å². The summed E-state index contributed by atoms with van der Waals surface area (Å²) >= 11 is 24.0. The van der Waals surface area contributed by atoms with Crippen molar-refractivity contribution in [3.05, 3.63) is 250 Å². The van der Waals surface area contributed by atoms with Gasteiger partial charge in [-0.1, -0.05) is 95.8 Å². The van der Waals surface area contributed by atoms with Crippen molar-refractivity contribution in [1.29, 1.82) is 0 Å². The molecular formula is C83H93Cl4N17O5. The molecule has 0 atom stereocenters. The number of nitrogens with zero attached hydrogens (tertiary/aromatic N) is 5. The standard InChI is InChI=1S/C21H24ClN5O.C21H23ClN4O2.2C20H21ClN4O.CH4/c1-27(2)17-7-5-16(6-8-17)26-21(28)25-12-3-11-23-19-10-13-24-20-14-15(22)4-9-18(19)20;1-14-4-7-18(20(12-14)28-2)26-21(27)25-10-3-9-23-17-8-11-24-19-13-15(22)5-6-16(17)19;1-14-3-6-16(7-4-14)25-20(26)24-11-2-10-22-18-9-12-23-19-13-15(21)5-8-17(18)19;1-14-5-2-3-6-17(14)25-20(26)24-11-4-10-22-18-9-12-23-19-13-15(21)7-8-16(18)19;/h4-10,13-14H,3,11-12H2,1-2H3,(H,23,24)(H2,25,26,28);4-8,11-13H,3,9-10H2,1-2H3,(H,23,24)(H2,25,26,27);3-9,12-13H,2,10-11H2,1H3,(H,22,23)(H2,24,25,26);2-3,5-9,12-13H,4,10-11H2,1H3,(H,22,23)(H2,24,25,26);1H4. The van der Waals surface area contributed by atoms with E-state index >= 15 is 0 Å². The average Bonchev–Trinajstić information content (AvgIpc) is 0.834. The molecule has 0 radical (unpaired) electrons. The first-order chi connectivity index (χ1) is 52.3. The highest BCUT2D eigenvalue weighted by Crippen LogP contribution is 2.30. The number of hydrogen-bond acceptors (Lipinski definition) is 14. The highest BCUT2D eigenvalue weighted by molar-refractivity contribution is 6.32. The number of pyridine rings is 4. The van der Waals surface area contributed by atoms with Gasteiger partial charge in [-0.3, -0.25) is 19.9 Å². The Morgan fingerprint density at radius 1 is 0.358 bits per heavy atom. The van der Waals surface area contributed by atoms with Gasteiger partial charge in [0, 0.05) is 178 Å². The van der Waals surface area contributed by atoms with E-state index in [0.29, 0.717) is 57.7 Å². The Balaban J connectivity index is 0.000000182. The number of hydrogen-bond donors (Lipinski definition) is 12. The van der Waals surface area contributed by atoms with Gasteiger partial charge in [-0.2, -0.15) is 0 Å². The molecule has 0 aliphatic heterocycles. The predicted octanol–water partition coefficient (Wildman–Crippen LogP) is 19.7. The van der Waals surface area contributed by atoms with Crippen LogP contribution in [0.3, 0.4) is 0 Å². The minimum atomic E-state index is -0.258. The Morgan fingerprint density at radius 3 is 1.04 bits per heavy atom. The molecule has 12 rings (SSSR count). The van der Waals surface area contributed by atoms with E-state index in [4.69, 9.17) is 51.1 Å². The number of rotatable bonds is 26. The number of nitrogens with one attached hydrogen (secondary N) is 12. The molecule has 0 spiro atoms. The van der Waals surface area contributed by atoms with Crippen molar-refractivity contribution in [3.8, 4) is 5.75 Å². The van der Waals surface area contributed by atoms with E-state index in [1.165, 1.54) is 0 Å². The number of para-hydroxylation sites is 1. The van der Waals surface area contributed by atoms with Crippen LogP contribution in [0.4, 0.5) is 70.4 Å². The van der Waals surface area contributed by atoms with Gasteiger partial charge in [-0.25, -0.2) is 19.2 Å². The Morgan fingerprint density at radius 2 is 0.688 bits per heavy atom. The second kappa shape index (κ2) is 43.3. The summed E-state index contributed by atoms with van der Waals surface area (Å²) in [6, 6.07) is 58.2. The molecule has 0 aliphatic carbocycles. The van der Waals surface area contributed by atoms with Crippen LogP contribution < -0.4 is 73.4 Å². The fourth-order valence-corrected chi connectivity index (χ4v) is 11.6. The summed E-state index contributed by atoms with van der Waals surface area (Å²) < 4.78 is 5.30. The zero-order chi connectivity index (χ0) is 76.6. The molecule has 26 heteroatoms. The summed E-state index contributed by atoms with van der Waals surface area (Å²) in [5, 5.41) is 43.1. The maximum absolute atomic E-state index is 12.1. The van der Waals surface area contributed by atoms with Crippen LogP contribution in [0.2, 0.25) is 20.1 Å². The lowest BCUT2D eigenvalue weighted by Gasteiger charge is -2.13. The van der Waals surface area contributed by atoms with Gasteiger partial charge in [0.2, 0.25) is 0 Å². The van der Waals surface area contributed by atoms with E-state index in [1.807, 2.05) is 228 Å². The van der Waals surface area contributed by atoms with Crippen molar-refractivity contribution in [1.82, 2.24) is 41.2 Å². The van der Waals surface area contributed by atoms with Crippen LogP contribution in [0.25, 0.3) is 43.6 Å². The molecule has 22 nitrogen and oxygen atoms in total. The number of urea groups is 4. The topological polar surface area (TPSA) is 277 Å². The first-order valence-corrected chi connectivity index (χ1v) is 36.7. The fourth-order valence-electron chi connectivity index (χ4n) is 10.9. The first kappa shape index (κ1) is 83.1. The number of aryl methyl sites for hydroxylation is 3. The number of benzene rings is 8. The summed E-state index contributed by atoms with van der Waals surface area (Å²) in [5.41, 5.74) is 14.8. The van der Waals surface area contributed by atoms with Gasteiger partial charge in [0.15, 0.2) is 0 Å². The highest BCUT2D eigenvalue weighted by Gasteiger charge is 2.12. The largest absolute Gasteiger partial charge is 0.495 e. The zero-order valence-electron chi connectivity index (χ0n) is 61.0. The van der Waals surface area contributed by atoms with Gasteiger partial charge in [0.1, 0.15) is 5.75 Å². The van der Waals surface area contributed by atoms with Crippen molar-refractivity contribution in [2.45, 2.75) is 53.9 Å². The summed E-state index contributed by atoms with van der Waals surface area (Å²) in [5.74, 6) is 0.640. The number of carbonyl (C=O) groups excluding carboxylic acids is 4. The van der Waals surface area contributed by atoms with Crippen LogP contribution in [0, 0.1) is 20.8 Å². The van der Waals surface area contributed by atoms with Gasteiger partial charge >= 0.3 is 24.1 Å². The first-order valence-electron chi connectivity index (χ1n) is 35.2. The third-order valence-electron chi connectivity index (χ3n) is 16.6. The van der Waals surface area contributed by atoms with Crippen LogP contribution in [0.15, 0.2) is 213 Å². The summed E-state index contributed by atoms with van der Waals surface area (Å²) in [4.78, 5) is 67.2. The van der Waals surface area contributed by atoms with E-state index in [1.54, 1.807) is 31.9 Å². The monoisotopic (exact) mass is 1550 g/mol. The van der Waals surface area contributed by atoms with Gasteiger partial charge < -0.3 is 73.4 Å². The maximum Gasteiger partial charge on any atom is 0.319 e. The Bertz CT molecular complexity index is 4960. The van der Waals surface area contributed by atoms with Crippen LogP contribution in [-0.2, 0) is 0 Å². The quantitative estimate of drug-likeness (QED) is 0.0225. The lowest BCUT2D eigenvalue weighted by Crippen LogP contribution is -2.30. The number of amides is 8. The van der Waals surface area contributed by atoms with E-state index in [0.717, 1.165) is 158 Å². The summed E-state index contributed by atoms with van der Waals surface area (Å²) in [7, 11) is 5.54. The normalized spacial score (nSPS) is 10.4. The van der Waals surface area contributed by atoms with Gasteiger partial charge in [-0.05, 0) is 209 Å². The molecule has 4 heterocycles. The van der Waals surface area contributed by atoms with Gasteiger partial charge in [-0.15, -0.1) is 0 Å². The zero-order valence-corrected chi connectivity index (χ0v) is 64.0. The van der Waals surface area contributed by atoms with Crippen LogP contribution in [-0.4, -0.2) is 118 Å². The number of aromatic nitrogens is 4. The molecule has 0 fully saturated rings. The van der Waals surface area contributed by atoms with E-state index < -0.39 is 0 Å². The molecule has 8 amide bonds. The number of methoxy groups -OCH3 is 1. The average molecular weight is 1550 g/mol. The lowest BCUT2D eigenvalue weighted by atomic mass is 10.2. The number of fused-ring (bicyclic) bond motifs is 4. The molecular weight excluding hydrogens is 1460 g/mol. The molecule has 0 saturated carbocycles. The van der Waals surface area contributed by atoms with Crippen molar-refractivity contribution in [2.24, 2.45) is 0 Å². The third kappa shape index (κ3) is 27.0. The Hall–Kier alpha value is -11.6. The molecule has 0 aliphatic rings. The summed E-state index contributed by atoms with van der Waals surface area (Å²) in [6.07, 6.45) is 10.2. The van der Waals surface area contributed by atoms with E-state index in [2.05, 4.69) is 83.7 Å². The predicted molar refractivity (Wildman–Crippen MR) is 455 cm³/mol. The molecule has 12 aromatic rings. The number of carbonyl (C=O) groups is 4. The minimum Gasteiger partial charge on any atom is -0.495 e. The smallest absolute Gasteiger partial charge is 0.319 e. The SMILES string of the molecule is C.CN(C)c1ccc(NC(=O)NCCCNc2ccnc3cc(Cl)ccc23)cc1.COc1cc(C)ccc1NC(=O)NCCCNc1ccnc2cc(Cl)ccc12.Cc1ccc(NC(=O)NCCCNc2ccnc3cc(Cl)ccc23)cc1.Cc1ccccc1NC(=O)NCCCNc1ccnc2cc(Cl)ccc12. The van der Waals surface area contributed by atoms with Crippen molar-refractivity contribution in [2.75, 3.05) is 121 Å².